The van der Waals surface area contributed by atoms with Gasteiger partial charge in [-0.3, -0.25) is 0 Å². The SMILES string of the molecule is NC1CCC(c2nc3cc4c(cc3[nH]2)OCCCO4)C1. The molecule has 106 valence electrons. The Hall–Kier alpha value is -1.75. The number of nitrogens with two attached hydrogens (primary N) is 1. The summed E-state index contributed by atoms with van der Waals surface area (Å²) in [7, 11) is 0. The van der Waals surface area contributed by atoms with Gasteiger partial charge in [0.05, 0.1) is 24.2 Å². The molecule has 20 heavy (non-hydrogen) atoms. The number of H-pyrrole nitrogens is 1. The van der Waals surface area contributed by atoms with Crippen LogP contribution in [0.1, 0.15) is 37.4 Å². The van der Waals surface area contributed by atoms with Crippen LogP contribution in [0, 0.1) is 0 Å². The van der Waals surface area contributed by atoms with E-state index >= 15 is 0 Å². The zero-order chi connectivity index (χ0) is 13.5. The molecule has 1 fully saturated rings. The second-order valence-electron chi connectivity index (χ2n) is 5.76. The van der Waals surface area contributed by atoms with E-state index in [0.29, 0.717) is 25.2 Å². The summed E-state index contributed by atoms with van der Waals surface area (Å²) in [5.41, 5.74) is 7.96. The first-order valence-electron chi connectivity index (χ1n) is 7.34. The molecule has 0 saturated heterocycles. The zero-order valence-corrected chi connectivity index (χ0v) is 11.4. The van der Waals surface area contributed by atoms with Crippen molar-refractivity contribution in [3.63, 3.8) is 0 Å². The number of benzene rings is 1. The van der Waals surface area contributed by atoms with Crippen molar-refractivity contribution in [1.29, 1.82) is 0 Å². The quantitative estimate of drug-likeness (QED) is 0.836. The Morgan fingerprint density at radius 2 is 1.95 bits per heavy atom. The standard InChI is InChI=1S/C15H19N3O2/c16-10-3-2-9(6-10)15-17-11-7-13-14(8-12(11)18-15)20-5-1-4-19-13/h7-10H,1-6,16H2,(H,17,18). The number of ether oxygens (including phenoxy) is 2. The highest BCUT2D eigenvalue weighted by Gasteiger charge is 2.26. The summed E-state index contributed by atoms with van der Waals surface area (Å²) in [6.45, 7) is 1.41. The van der Waals surface area contributed by atoms with Gasteiger partial charge in [-0.25, -0.2) is 4.98 Å². The van der Waals surface area contributed by atoms with Gasteiger partial charge in [-0.2, -0.15) is 0 Å². The number of hydrogen-bond acceptors (Lipinski definition) is 4. The number of nitrogens with zero attached hydrogens (tertiary/aromatic N) is 1. The van der Waals surface area contributed by atoms with Crippen LogP contribution >= 0.6 is 0 Å². The van der Waals surface area contributed by atoms with Crippen molar-refractivity contribution in [3.05, 3.63) is 18.0 Å². The number of fused-ring (bicyclic) bond motifs is 2. The minimum Gasteiger partial charge on any atom is -0.489 e. The monoisotopic (exact) mass is 273 g/mol. The molecule has 3 N–H and O–H groups in total. The van der Waals surface area contributed by atoms with Gasteiger partial charge in [0.2, 0.25) is 0 Å². The lowest BCUT2D eigenvalue weighted by Crippen LogP contribution is -2.14. The highest BCUT2D eigenvalue weighted by molar-refractivity contribution is 5.80. The maximum atomic E-state index is 5.99. The Morgan fingerprint density at radius 3 is 2.70 bits per heavy atom. The molecule has 0 amide bonds. The molecule has 2 unspecified atom stereocenters. The second kappa shape index (κ2) is 4.66. The van der Waals surface area contributed by atoms with Crippen molar-refractivity contribution < 1.29 is 9.47 Å². The van der Waals surface area contributed by atoms with Gasteiger partial charge in [0, 0.05) is 30.5 Å². The van der Waals surface area contributed by atoms with E-state index in [-0.39, 0.29) is 0 Å². The number of aromatic amines is 1. The number of imidazole rings is 1. The van der Waals surface area contributed by atoms with Crippen LogP contribution in [-0.4, -0.2) is 29.2 Å². The second-order valence-corrected chi connectivity index (χ2v) is 5.76. The van der Waals surface area contributed by atoms with Crippen LogP contribution in [0.15, 0.2) is 12.1 Å². The first kappa shape index (κ1) is 12.0. The Bertz CT molecular complexity index is 594. The van der Waals surface area contributed by atoms with Gasteiger partial charge in [-0.1, -0.05) is 0 Å². The third-order valence-corrected chi connectivity index (χ3v) is 4.23. The van der Waals surface area contributed by atoms with E-state index in [9.17, 15) is 0 Å². The summed E-state index contributed by atoms with van der Waals surface area (Å²) in [6, 6.07) is 4.29. The van der Waals surface area contributed by atoms with Gasteiger partial charge in [0.1, 0.15) is 5.82 Å². The lowest BCUT2D eigenvalue weighted by molar-refractivity contribution is 0.297. The molecule has 4 rings (SSSR count). The van der Waals surface area contributed by atoms with Gasteiger partial charge in [0.15, 0.2) is 11.5 Å². The maximum Gasteiger partial charge on any atom is 0.163 e. The molecule has 1 aliphatic carbocycles. The molecule has 1 aromatic heterocycles. The number of rotatable bonds is 1. The molecule has 0 bridgehead atoms. The Balaban J connectivity index is 1.72. The van der Waals surface area contributed by atoms with E-state index in [1.807, 2.05) is 12.1 Å². The van der Waals surface area contributed by atoms with Crippen LogP contribution < -0.4 is 15.2 Å². The third-order valence-electron chi connectivity index (χ3n) is 4.23. The minimum absolute atomic E-state index is 0.316. The van der Waals surface area contributed by atoms with E-state index in [0.717, 1.165) is 54.0 Å². The minimum atomic E-state index is 0.316. The van der Waals surface area contributed by atoms with E-state index in [2.05, 4.69) is 4.98 Å². The molecule has 1 aromatic carbocycles. The predicted molar refractivity (Wildman–Crippen MR) is 76.3 cm³/mol. The normalized spacial score (nSPS) is 25.9. The van der Waals surface area contributed by atoms with Crippen molar-refractivity contribution in [3.8, 4) is 11.5 Å². The molecule has 2 aromatic rings. The lowest BCUT2D eigenvalue weighted by Gasteiger charge is -2.05. The van der Waals surface area contributed by atoms with Crippen molar-refractivity contribution in [2.24, 2.45) is 5.73 Å². The van der Waals surface area contributed by atoms with E-state index in [4.69, 9.17) is 20.2 Å². The van der Waals surface area contributed by atoms with Crippen molar-refractivity contribution >= 4 is 11.0 Å². The highest BCUT2D eigenvalue weighted by Crippen LogP contribution is 2.36. The molecule has 5 heteroatoms. The topological polar surface area (TPSA) is 73.2 Å². The van der Waals surface area contributed by atoms with Crippen molar-refractivity contribution in [1.82, 2.24) is 9.97 Å². The maximum absolute atomic E-state index is 5.99. The van der Waals surface area contributed by atoms with Gasteiger partial charge in [-0.15, -0.1) is 0 Å². The molecule has 0 radical (unpaired) electrons. The highest BCUT2D eigenvalue weighted by atomic mass is 16.5. The smallest absolute Gasteiger partial charge is 0.163 e. The van der Waals surface area contributed by atoms with E-state index < -0.39 is 0 Å². The van der Waals surface area contributed by atoms with Crippen molar-refractivity contribution in [2.45, 2.75) is 37.6 Å². The molecule has 2 heterocycles. The van der Waals surface area contributed by atoms with Crippen LogP contribution in [0.4, 0.5) is 0 Å². The van der Waals surface area contributed by atoms with Crippen LogP contribution in [0.3, 0.4) is 0 Å². The molecule has 0 spiro atoms. The molecule has 1 saturated carbocycles. The Kier molecular flexibility index (Phi) is 2.80. The van der Waals surface area contributed by atoms with Crippen molar-refractivity contribution in [2.75, 3.05) is 13.2 Å². The van der Waals surface area contributed by atoms with Gasteiger partial charge >= 0.3 is 0 Å². The molecular weight excluding hydrogens is 254 g/mol. The molecule has 1 aliphatic heterocycles. The average Bonchev–Trinajstić information content (AvgIpc) is 2.97. The predicted octanol–water partition coefficient (Wildman–Crippen LogP) is 2.32. The summed E-state index contributed by atoms with van der Waals surface area (Å²) in [6.07, 6.45) is 4.14. The van der Waals surface area contributed by atoms with Gasteiger partial charge in [-0.05, 0) is 19.3 Å². The van der Waals surface area contributed by atoms with Crippen LogP contribution in [-0.2, 0) is 0 Å². The summed E-state index contributed by atoms with van der Waals surface area (Å²) in [4.78, 5) is 8.15. The number of hydrogen-bond donors (Lipinski definition) is 2. The molecular formula is C15H19N3O2. The largest absolute Gasteiger partial charge is 0.489 e. The van der Waals surface area contributed by atoms with Crippen LogP contribution in [0.25, 0.3) is 11.0 Å². The first-order valence-corrected chi connectivity index (χ1v) is 7.34. The summed E-state index contributed by atoms with van der Waals surface area (Å²) in [5.74, 6) is 3.12. The van der Waals surface area contributed by atoms with Crippen LogP contribution in [0.5, 0.6) is 11.5 Å². The number of nitrogens with one attached hydrogen (secondary N) is 1. The summed E-state index contributed by atoms with van der Waals surface area (Å²) >= 11 is 0. The van der Waals surface area contributed by atoms with Crippen LogP contribution in [0.2, 0.25) is 0 Å². The molecule has 2 atom stereocenters. The summed E-state index contributed by atoms with van der Waals surface area (Å²) in [5, 5.41) is 0. The first-order chi connectivity index (χ1) is 9.79. The molecule has 5 nitrogen and oxygen atoms in total. The lowest BCUT2D eigenvalue weighted by atomic mass is 10.1. The van der Waals surface area contributed by atoms with E-state index in [1.165, 1.54) is 0 Å². The Labute approximate surface area is 117 Å². The average molecular weight is 273 g/mol. The fourth-order valence-corrected chi connectivity index (χ4v) is 3.14. The van der Waals surface area contributed by atoms with E-state index in [1.54, 1.807) is 0 Å². The van der Waals surface area contributed by atoms with Gasteiger partial charge < -0.3 is 20.2 Å². The molecule has 2 aliphatic rings. The third kappa shape index (κ3) is 2.02. The fraction of sp³-hybridized carbons (Fsp3) is 0.533. The number of aromatic nitrogens is 2. The fourth-order valence-electron chi connectivity index (χ4n) is 3.14. The Morgan fingerprint density at radius 1 is 1.15 bits per heavy atom. The zero-order valence-electron chi connectivity index (χ0n) is 11.4. The summed E-state index contributed by atoms with van der Waals surface area (Å²) < 4.78 is 11.4. The van der Waals surface area contributed by atoms with Gasteiger partial charge in [0.25, 0.3) is 0 Å².